The molecular weight excluding hydrogens is 452 g/mol. The third-order valence-corrected chi connectivity index (χ3v) is 6.90. The molecule has 0 N–H and O–H groups in total. The van der Waals surface area contributed by atoms with Gasteiger partial charge in [-0.25, -0.2) is 0 Å². The molecule has 0 atom stereocenters. The Labute approximate surface area is 173 Å². The minimum Gasteiger partial charge on any atom is -0.289 e. The lowest BCUT2D eigenvalue weighted by atomic mass is 9.63. The largest absolute Gasteiger partial charge is 0.289 e. The summed E-state index contributed by atoms with van der Waals surface area (Å²) < 4.78 is 1.86. The highest BCUT2D eigenvalue weighted by molar-refractivity contribution is 9.10. The number of rotatable bonds is 3. The molecule has 136 valence electrons. The van der Waals surface area contributed by atoms with Crippen LogP contribution in [0.25, 0.3) is 6.08 Å². The molecular formula is C23H24Br2O. The summed E-state index contributed by atoms with van der Waals surface area (Å²) in [4.78, 5) is 12.5. The van der Waals surface area contributed by atoms with Gasteiger partial charge < -0.3 is 0 Å². The normalized spacial score (nSPS) is 17.9. The monoisotopic (exact) mass is 474 g/mol. The summed E-state index contributed by atoms with van der Waals surface area (Å²) in [6, 6.07) is 12.0. The van der Waals surface area contributed by atoms with Crippen molar-refractivity contribution in [3.05, 3.63) is 73.7 Å². The van der Waals surface area contributed by atoms with Gasteiger partial charge in [-0.2, -0.15) is 0 Å². The van der Waals surface area contributed by atoms with Crippen molar-refractivity contribution < 1.29 is 4.79 Å². The second-order valence-corrected chi connectivity index (χ2v) is 10.1. The summed E-state index contributed by atoms with van der Waals surface area (Å²) in [5, 5.41) is 0. The molecule has 2 aromatic carbocycles. The highest BCUT2D eigenvalue weighted by atomic mass is 79.9. The molecule has 0 amide bonds. The molecule has 0 saturated heterocycles. The highest BCUT2D eigenvalue weighted by Crippen LogP contribution is 2.47. The molecule has 0 bridgehead atoms. The minimum atomic E-state index is 0.00156. The molecule has 0 aliphatic heterocycles. The molecule has 3 rings (SSSR count). The number of carbonyl (C=O) groups is 1. The van der Waals surface area contributed by atoms with Crippen molar-refractivity contribution in [3.8, 4) is 0 Å². The molecule has 26 heavy (non-hydrogen) atoms. The fourth-order valence-corrected chi connectivity index (χ4v) is 4.60. The summed E-state index contributed by atoms with van der Waals surface area (Å²) in [5.41, 5.74) is 4.87. The Kier molecular flexibility index (Phi) is 5.33. The zero-order chi connectivity index (χ0) is 19.1. The number of allylic oxidation sites excluding steroid dienone is 1. The molecule has 3 heteroatoms. The van der Waals surface area contributed by atoms with Crippen molar-refractivity contribution in [2.45, 2.75) is 51.4 Å². The number of carbonyl (C=O) groups excluding carboxylic acids is 1. The molecule has 0 spiro atoms. The van der Waals surface area contributed by atoms with Crippen molar-refractivity contribution in [1.29, 1.82) is 0 Å². The van der Waals surface area contributed by atoms with Crippen LogP contribution < -0.4 is 0 Å². The van der Waals surface area contributed by atoms with Gasteiger partial charge in [0, 0.05) is 14.5 Å². The lowest BCUT2D eigenvalue weighted by molar-refractivity contribution is 0.104. The maximum atomic E-state index is 12.5. The quantitative estimate of drug-likeness (QED) is 0.332. The van der Waals surface area contributed by atoms with Crippen LogP contribution >= 0.6 is 31.9 Å². The molecule has 1 aliphatic carbocycles. The van der Waals surface area contributed by atoms with E-state index in [-0.39, 0.29) is 16.6 Å². The Morgan fingerprint density at radius 3 is 2.12 bits per heavy atom. The number of hydrogen-bond acceptors (Lipinski definition) is 1. The first-order valence-electron chi connectivity index (χ1n) is 8.93. The summed E-state index contributed by atoms with van der Waals surface area (Å²) in [5.74, 6) is 0.00156. The number of benzene rings is 2. The van der Waals surface area contributed by atoms with E-state index in [0.29, 0.717) is 5.56 Å². The summed E-state index contributed by atoms with van der Waals surface area (Å²) in [6.07, 6.45) is 5.94. The lowest BCUT2D eigenvalue weighted by Crippen LogP contribution is -2.33. The first-order chi connectivity index (χ1) is 12.1. The van der Waals surface area contributed by atoms with Gasteiger partial charge in [-0.3, -0.25) is 4.79 Å². The van der Waals surface area contributed by atoms with Crippen molar-refractivity contribution in [2.24, 2.45) is 0 Å². The van der Waals surface area contributed by atoms with Crippen LogP contribution in [0.4, 0.5) is 0 Å². The van der Waals surface area contributed by atoms with Crippen molar-refractivity contribution in [3.63, 3.8) is 0 Å². The van der Waals surface area contributed by atoms with Gasteiger partial charge in [0.1, 0.15) is 0 Å². The van der Waals surface area contributed by atoms with Crippen LogP contribution in [0.1, 0.15) is 67.6 Å². The van der Waals surface area contributed by atoms with Crippen LogP contribution in [0.15, 0.2) is 51.4 Å². The molecule has 0 radical (unpaired) electrons. The van der Waals surface area contributed by atoms with E-state index in [2.05, 4.69) is 71.7 Å². The average Bonchev–Trinajstić information content (AvgIpc) is 2.58. The van der Waals surface area contributed by atoms with Crippen LogP contribution in [0.5, 0.6) is 0 Å². The highest BCUT2D eigenvalue weighted by Gasteiger charge is 2.37. The van der Waals surface area contributed by atoms with Gasteiger partial charge in [0.25, 0.3) is 0 Å². The van der Waals surface area contributed by atoms with Crippen molar-refractivity contribution >= 4 is 43.7 Å². The van der Waals surface area contributed by atoms with E-state index >= 15 is 0 Å². The molecule has 0 fully saturated rings. The van der Waals surface area contributed by atoms with Gasteiger partial charge in [0.2, 0.25) is 0 Å². The average molecular weight is 476 g/mol. The van der Waals surface area contributed by atoms with Crippen molar-refractivity contribution in [2.75, 3.05) is 0 Å². The van der Waals surface area contributed by atoms with E-state index in [1.807, 2.05) is 30.3 Å². The van der Waals surface area contributed by atoms with E-state index < -0.39 is 0 Å². The SMILES string of the molecule is CC1(C)CCC(C)(C)c2cc(/C=C/C(=O)c3ccccc3Br)c(Br)cc21. The molecule has 1 nitrogen and oxygen atoms in total. The van der Waals surface area contributed by atoms with Gasteiger partial charge in [-0.1, -0.05) is 71.7 Å². The summed E-state index contributed by atoms with van der Waals surface area (Å²) >= 11 is 7.16. The van der Waals surface area contributed by atoms with E-state index in [4.69, 9.17) is 0 Å². The Hall–Kier alpha value is -1.19. The van der Waals surface area contributed by atoms with Gasteiger partial charge in [-0.15, -0.1) is 0 Å². The number of halogens is 2. The van der Waals surface area contributed by atoms with Crippen LogP contribution in [-0.4, -0.2) is 5.78 Å². The minimum absolute atomic E-state index is 0.00156. The van der Waals surface area contributed by atoms with Crippen LogP contribution in [0, 0.1) is 0 Å². The first-order valence-corrected chi connectivity index (χ1v) is 10.5. The van der Waals surface area contributed by atoms with E-state index in [1.165, 1.54) is 24.0 Å². The van der Waals surface area contributed by atoms with E-state index in [0.717, 1.165) is 14.5 Å². The zero-order valence-electron chi connectivity index (χ0n) is 15.7. The van der Waals surface area contributed by atoms with Crippen LogP contribution in [0.3, 0.4) is 0 Å². The fourth-order valence-electron chi connectivity index (χ4n) is 3.65. The Balaban J connectivity index is 2.00. The zero-order valence-corrected chi connectivity index (χ0v) is 18.9. The molecule has 1 aliphatic rings. The second-order valence-electron chi connectivity index (χ2n) is 8.36. The third-order valence-electron chi connectivity index (χ3n) is 5.52. The van der Waals surface area contributed by atoms with Crippen LogP contribution in [0.2, 0.25) is 0 Å². The maximum absolute atomic E-state index is 12.5. The standard InChI is InChI=1S/C23H24Br2O/c1-22(2)11-12-23(3,4)18-14-20(25)15(13-17(18)22)9-10-21(26)16-7-5-6-8-19(16)24/h5-10,13-14H,11-12H2,1-4H3/b10-9+. The number of ketones is 1. The molecule has 2 aromatic rings. The molecule has 0 unspecified atom stereocenters. The maximum Gasteiger partial charge on any atom is 0.186 e. The molecule has 0 saturated carbocycles. The topological polar surface area (TPSA) is 17.1 Å². The first kappa shape index (κ1) is 19.6. The number of hydrogen-bond donors (Lipinski definition) is 0. The third kappa shape index (κ3) is 3.75. The summed E-state index contributed by atoms with van der Waals surface area (Å²) in [7, 11) is 0. The Bertz CT molecular complexity index is 891. The van der Waals surface area contributed by atoms with E-state index in [9.17, 15) is 4.79 Å². The van der Waals surface area contributed by atoms with E-state index in [1.54, 1.807) is 6.08 Å². The Morgan fingerprint density at radius 2 is 1.50 bits per heavy atom. The molecule has 0 aromatic heterocycles. The predicted octanol–water partition coefficient (Wildman–Crippen LogP) is 7.46. The van der Waals surface area contributed by atoms with Gasteiger partial charge in [0.05, 0.1) is 0 Å². The molecule has 0 heterocycles. The van der Waals surface area contributed by atoms with Crippen molar-refractivity contribution in [1.82, 2.24) is 0 Å². The fraction of sp³-hybridized carbons (Fsp3) is 0.348. The smallest absolute Gasteiger partial charge is 0.186 e. The Morgan fingerprint density at radius 1 is 0.923 bits per heavy atom. The van der Waals surface area contributed by atoms with Gasteiger partial charge >= 0.3 is 0 Å². The lowest BCUT2D eigenvalue weighted by Gasteiger charge is -2.42. The van der Waals surface area contributed by atoms with Crippen LogP contribution in [-0.2, 0) is 10.8 Å². The summed E-state index contributed by atoms with van der Waals surface area (Å²) in [6.45, 7) is 9.27. The second kappa shape index (κ2) is 7.09. The van der Waals surface area contributed by atoms with Gasteiger partial charge in [-0.05, 0) is 76.8 Å². The predicted molar refractivity (Wildman–Crippen MR) is 117 cm³/mol. The van der Waals surface area contributed by atoms with Gasteiger partial charge in [0.15, 0.2) is 5.78 Å². The number of fused-ring (bicyclic) bond motifs is 1.